The minimum Gasteiger partial charge on any atom is -0.508 e. The van der Waals surface area contributed by atoms with Crippen molar-refractivity contribution < 1.29 is 29.0 Å². The maximum absolute atomic E-state index is 13.3. The zero-order valence-electron chi connectivity index (χ0n) is 31.4. The second-order valence-electron chi connectivity index (χ2n) is 15.8. The monoisotopic (exact) mass is 753 g/mol. The van der Waals surface area contributed by atoms with Crippen LogP contribution in [0.25, 0.3) is 0 Å². The highest BCUT2D eigenvalue weighted by Gasteiger charge is 2.45. The van der Waals surface area contributed by atoms with E-state index in [9.17, 15) is 24.3 Å². The third-order valence-corrected chi connectivity index (χ3v) is 12.6. The molecule has 4 amide bonds. The Balaban J connectivity index is 0.764. The number of nitrogens with zero attached hydrogens (tertiary/aromatic N) is 4. The Morgan fingerprint density at radius 2 is 1.41 bits per heavy atom. The standard InChI is InChI=1S/C45H47N5O6/c51-34-11-13-36-40(27-34)56-28-38(30-4-2-1-3-5-30)42(36)31-6-8-32(9-7-31)48-20-17-29(18-21-48)16-19-47-22-24-49(25-23-47)33-10-12-35-37(26-33)45(55)50(44(35)54)39-14-15-41(52)46-43(39)53/h1-13,26-27,29,38-39,42,51H,14-25,28H2,(H,46,52,53)/t38-,39+,42-/m1/s1. The van der Waals surface area contributed by atoms with E-state index in [1.54, 1.807) is 24.3 Å². The van der Waals surface area contributed by atoms with E-state index >= 15 is 0 Å². The lowest BCUT2D eigenvalue weighted by molar-refractivity contribution is -0.136. The van der Waals surface area contributed by atoms with Crippen molar-refractivity contribution >= 4 is 35.0 Å². The first kappa shape index (κ1) is 36.0. The Morgan fingerprint density at radius 3 is 2.16 bits per heavy atom. The summed E-state index contributed by atoms with van der Waals surface area (Å²) in [5.74, 6) is 0.0525. The molecule has 3 atom stereocenters. The Labute approximate surface area is 326 Å². The first-order chi connectivity index (χ1) is 27.3. The molecule has 0 saturated carbocycles. The van der Waals surface area contributed by atoms with Gasteiger partial charge >= 0.3 is 0 Å². The Bertz CT molecular complexity index is 2140. The lowest BCUT2D eigenvalue weighted by Crippen LogP contribution is -2.54. The van der Waals surface area contributed by atoms with E-state index < -0.39 is 23.8 Å². The molecule has 4 aromatic carbocycles. The first-order valence-corrected chi connectivity index (χ1v) is 20.0. The number of anilines is 2. The molecule has 11 heteroatoms. The fraction of sp³-hybridized carbons (Fsp3) is 0.378. The first-order valence-electron chi connectivity index (χ1n) is 20.0. The second kappa shape index (κ2) is 15.1. The number of imide groups is 2. The number of phenols is 1. The molecule has 3 fully saturated rings. The molecule has 0 aliphatic carbocycles. The van der Waals surface area contributed by atoms with E-state index in [-0.39, 0.29) is 36.3 Å². The fourth-order valence-corrected chi connectivity index (χ4v) is 9.42. The minimum absolute atomic E-state index is 0.103. The average Bonchev–Trinajstić information content (AvgIpc) is 3.48. The fourth-order valence-electron chi connectivity index (χ4n) is 9.42. The van der Waals surface area contributed by atoms with Gasteiger partial charge in [0.25, 0.3) is 11.8 Å². The molecule has 0 radical (unpaired) electrons. The topological polar surface area (TPSA) is 123 Å². The molecular formula is C45H47N5O6. The van der Waals surface area contributed by atoms with Crippen molar-refractivity contribution in [2.45, 2.75) is 50.0 Å². The van der Waals surface area contributed by atoms with Gasteiger partial charge in [-0.2, -0.15) is 0 Å². The molecule has 0 aromatic heterocycles. The predicted octanol–water partition coefficient (Wildman–Crippen LogP) is 5.53. The van der Waals surface area contributed by atoms with Crippen molar-refractivity contribution in [2.75, 3.05) is 62.2 Å². The number of aromatic hydroxyl groups is 1. The number of benzene rings is 4. The third kappa shape index (κ3) is 6.89. The number of amides is 4. The van der Waals surface area contributed by atoms with Gasteiger partial charge in [-0.25, -0.2) is 0 Å². The van der Waals surface area contributed by atoms with Crippen molar-refractivity contribution in [3.8, 4) is 11.5 Å². The van der Waals surface area contributed by atoms with Crippen LogP contribution in [0.3, 0.4) is 0 Å². The Kier molecular flexibility index (Phi) is 9.71. The van der Waals surface area contributed by atoms with Gasteiger partial charge in [-0.1, -0.05) is 48.5 Å². The summed E-state index contributed by atoms with van der Waals surface area (Å²) < 4.78 is 6.17. The van der Waals surface area contributed by atoms with Crippen LogP contribution >= 0.6 is 0 Å². The molecule has 56 heavy (non-hydrogen) atoms. The number of hydrogen-bond donors (Lipinski definition) is 2. The number of fused-ring (bicyclic) bond motifs is 2. The van der Waals surface area contributed by atoms with Crippen molar-refractivity contribution in [2.24, 2.45) is 5.92 Å². The van der Waals surface area contributed by atoms with Crippen molar-refractivity contribution in [1.82, 2.24) is 15.1 Å². The quantitative estimate of drug-likeness (QED) is 0.224. The number of phenolic OH excluding ortho intramolecular Hbond substituents is 1. The highest BCUT2D eigenvalue weighted by Crippen LogP contribution is 2.47. The molecule has 5 heterocycles. The van der Waals surface area contributed by atoms with Crippen LogP contribution in [-0.4, -0.2) is 97.0 Å². The van der Waals surface area contributed by atoms with Crippen molar-refractivity contribution in [3.63, 3.8) is 0 Å². The lowest BCUT2D eigenvalue weighted by atomic mass is 9.76. The van der Waals surface area contributed by atoms with Crippen LogP contribution in [0.1, 0.15) is 81.3 Å². The number of nitrogens with one attached hydrogen (secondary N) is 1. The Morgan fingerprint density at radius 1 is 0.696 bits per heavy atom. The highest BCUT2D eigenvalue weighted by atomic mass is 16.5. The van der Waals surface area contributed by atoms with Crippen LogP contribution in [0.4, 0.5) is 11.4 Å². The lowest BCUT2D eigenvalue weighted by Gasteiger charge is -2.38. The zero-order valence-corrected chi connectivity index (χ0v) is 31.4. The summed E-state index contributed by atoms with van der Waals surface area (Å²) in [4.78, 5) is 58.9. The van der Waals surface area contributed by atoms with E-state index in [2.05, 4.69) is 68.5 Å². The number of carbonyl (C=O) groups is 4. The Hall–Kier alpha value is -5.68. The zero-order chi connectivity index (χ0) is 38.3. The van der Waals surface area contributed by atoms with Gasteiger partial charge in [-0.05, 0) is 85.7 Å². The van der Waals surface area contributed by atoms with E-state index in [4.69, 9.17) is 4.74 Å². The number of rotatable bonds is 8. The van der Waals surface area contributed by atoms with Gasteiger partial charge in [0.05, 0.1) is 17.7 Å². The minimum atomic E-state index is -0.959. The van der Waals surface area contributed by atoms with Gasteiger partial charge in [0.1, 0.15) is 17.5 Å². The molecule has 2 N–H and O–H groups in total. The molecule has 0 spiro atoms. The molecule has 11 nitrogen and oxygen atoms in total. The van der Waals surface area contributed by atoms with Crippen LogP contribution in [-0.2, 0) is 9.59 Å². The molecular weight excluding hydrogens is 707 g/mol. The summed E-state index contributed by atoms with van der Waals surface area (Å²) in [6.07, 6.45) is 3.78. The van der Waals surface area contributed by atoms with Crippen LogP contribution in [0.5, 0.6) is 11.5 Å². The number of ether oxygens (including phenoxy) is 1. The van der Waals surface area contributed by atoms with Crippen molar-refractivity contribution in [1.29, 1.82) is 0 Å². The summed E-state index contributed by atoms with van der Waals surface area (Å²) in [6, 6.07) is 29.6. The number of hydrogen-bond acceptors (Lipinski definition) is 9. The number of piperazine rings is 1. The van der Waals surface area contributed by atoms with Crippen LogP contribution < -0.4 is 19.9 Å². The summed E-state index contributed by atoms with van der Waals surface area (Å²) in [6.45, 7) is 7.25. The van der Waals surface area contributed by atoms with Gasteiger partial charge in [0.15, 0.2) is 0 Å². The molecule has 9 rings (SSSR count). The maximum atomic E-state index is 13.3. The summed E-state index contributed by atoms with van der Waals surface area (Å²) in [5.41, 5.74) is 6.42. The molecule has 0 bridgehead atoms. The predicted molar refractivity (Wildman–Crippen MR) is 212 cm³/mol. The molecule has 5 aliphatic rings. The van der Waals surface area contributed by atoms with Crippen LogP contribution in [0.15, 0.2) is 91.0 Å². The molecule has 288 valence electrons. The van der Waals surface area contributed by atoms with Crippen LogP contribution in [0, 0.1) is 5.92 Å². The van der Waals surface area contributed by atoms with Crippen molar-refractivity contribution in [3.05, 3.63) is 119 Å². The number of piperidine rings is 2. The smallest absolute Gasteiger partial charge is 0.262 e. The van der Waals surface area contributed by atoms with E-state index in [1.165, 1.54) is 36.1 Å². The SMILES string of the molecule is O=C1CC[C@H](N2C(=O)c3ccc(N4CCN(CCC5CCN(c6ccc([C@@H]7c8ccc(O)cc8OC[C@@H]7c7ccccc7)cc6)CC5)CC4)cc3C2=O)C(=O)N1. The van der Waals surface area contributed by atoms with E-state index in [0.717, 1.165) is 67.7 Å². The van der Waals surface area contributed by atoms with Gasteiger partial charge < -0.3 is 19.6 Å². The average molecular weight is 754 g/mol. The molecule has 0 unspecified atom stereocenters. The largest absolute Gasteiger partial charge is 0.508 e. The van der Waals surface area contributed by atoms with Gasteiger partial charge in [0, 0.05) is 80.5 Å². The summed E-state index contributed by atoms with van der Waals surface area (Å²) in [7, 11) is 0. The van der Waals surface area contributed by atoms with Crippen LogP contribution in [0.2, 0.25) is 0 Å². The third-order valence-electron chi connectivity index (χ3n) is 12.6. The van der Waals surface area contributed by atoms with E-state index in [0.29, 0.717) is 23.7 Å². The van der Waals surface area contributed by atoms with Gasteiger partial charge in [-0.15, -0.1) is 0 Å². The highest BCUT2D eigenvalue weighted by molar-refractivity contribution is 6.23. The second-order valence-corrected chi connectivity index (χ2v) is 15.8. The molecule has 4 aromatic rings. The van der Waals surface area contributed by atoms with Gasteiger partial charge in [-0.3, -0.25) is 34.3 Å². The normalized spacial score (nSPS) is 23.1. The maximum Gasteiger partial charge on any atom is 0.262 e. The summed E-state index contributed by atoms with van der Waals surface area (Å²) >= 11 is 0. The summed E-state index contributed by atoms with van der Waals surface area (Å²) in [5, 5.41) is 12.4. The number of carbonyl (C=O) groups excluding carboxylic acids is 4. The molecule has 3 saturated heterocycles. The van der Waals surface area contributed by atoms with E-state index in [1.807, 2.05) is 18.2 Å². The van der Waals surface area contributed by atoms with Gasteiger partial charge in [0.2, 0.25) is 11.8 Å². The molecule has 5 aliphatic heterocycles.